The molecule has 0 bridgehead atoms. The van der Waals surface area contributed by atoms with Gasteiger partial charge < -0.3 is 9.64 Å². The summed E-state index contributed by atoms with van der Waals surface area (Å²) in [7, 11) is 0. The average Bonchev–Trinajstić information content (AvgIpc) is 2.98. The Kier molecular flexibility index (Phi) is 2.91. The van der Waals surface area contributed by atoms with Crippen LogP contribution in [0.5, 0.6) is 5.88 Å². The molecule has 0 unspecified atom stereocenters. The third-order valence-electron chi connectivity index (χ3n) is 4.13. The van der Waals surface area contributed by atoms with E-state index >= 15 is 0 Å². The molecule has 0 saturated carbocycles. The molecule has 2 aromatic rings. The van der Waals surface area contributed by atoms with Gasteiger partial charge in [-0.3, -0.25) is 4.79 Å². The molecule has 2 aliphatic heterocycles. The molecule has 0 radical (unpaired) electrons. The molecule has 5 nitrogen and oxygen atoms in total. The second kappa shape index (κ2) is 4.91. The van der Waals surface area contributed by atoms with Crippen LogP contribution in [0.25, 0.3) is 0 Å². The predicted octanol–water partition coefficient (Wildman–Crippen LogP) is 2.26. The number of nitrogens with zero attached hydrogens (tertiary/aromatic N) is 3. The smallest absolute Gasteiger partial charge is 0.265 e. The van der Waals surface area contributed by atoms with Gasteiger partial charge in [0.2, 0.25) is 5.88 Å². The summed E-state index contributed by atoms with van der Waals surface area (Å²) in [5, 5.41) is 4.27. The molecule has 0 spiro atoms. The number of carbonyl (C=O) groups excluding carboxylic acids is 1. The van der Waals surface area contributed by atoms with Gasteiger partial charge >= 0.3 is 0 Å². The number of benzene rings is 1. The standard InChI is InChI=1S/C16H17N3O2/c20-15(13-11-17-19-9-4-10-21-16(13)19)18-8-3-6-12-5-1-2-7-14(12)18/h1-2,5,7,11H,3-4,6,8-10H2. The zero-order valence-corrected chi connectivity index (χ0v) is 11.8. The molecule has 0 fully saturated rings. The van der Waals surface area contributed by atoms with Crippen LogP contribution >= 0.6 is 0 Å². The fourth-order valence-corrected chi connectivity index (χ4v) is 3.11. The number of fused-ring (bicyclic) bond motifs is 2. The van der Waals surface area contributed by atoms with Gasteiger partial charge in [0.05, 0.1) is 12.8 Å². The van der Waals surface area contributed by atoms with Crippen molar-refractivity contribution in [3.05, 3.63) is 41.6 Å². The molecular weight excluding hydrogens is 266 g/mol. The summed E-state index contributed by atoms with van der Waals surface area (Å²) in [6.07, 6.45) is 4.60. The summed E-state index contributed by atoms with van der Waals surface area (Å²) >= 11 is 0. The normalized spacial score (nSPS) is 16.9. The van der Waals surface area contributed by atoms with Crippen molar-refractivity contribution < 1.29 is 9.53 Å². The molecule has 5 heteroatoms. The van der Waals surface area contributed by atoms with Crippen LogP contribution in [0.15, 0.2) is 30.5 Å². The summed E-state index contributed by atoms with van der Waals surface area (Å²) in [5.41, 5.74) is 2.83. The number of para-hydroxylation sites is 1. The summed E-state index contributed by atoms with van der Waals surface area (Å²) in [6, 6.07) is 8.12. The topological polar surface area (TPSA) is 47.4 Å². The van der Waals surface area contributed by atoms with Gasteiger partial charge in [-0.1, -0.05) is 18.2 Å². The van der Waals surface area contributed by atoms with Gasteiger partial charge in [0.15, 0.2) is 0 Å². The molecule has 3 heterocycles. The summed E-state index contributed by atoms with van der Waals surface area (Å²) in [5.74, 6) is 0.611. The molecule has 4 rings (SSSR count). The van der Waals surface area contributed by atoms with Gasteiger partial charge in [-0.05, 0) is 24.5 Å². The van der Waals surface area contributed by atoms with E-state index in [1.165, 1.54) is 5.56 Å². The van der Waals surface area contributed by atoms with Crippen LogP contribution in [0, 0.1) is 0 Å². The van der Waals surface area contributed by atoms with Gasteiger partial charge in [-0.15, -0.1) is 0 Å². The van der Waals surface area contributed by atoms with Crippen molar-refractivity contribution in [2.75, 3.05) is 18.1 Å². The second-order valence-corrected chi connectivity index (χ2v) is 5.48. The molecule has 0 saturated heterocycles. The highest BCUT2D eigenvalue weighted by molar-refractivity contribution is 6.08. The Morgan fingerprint density at radius 3 is 3.05 bits per heavy atom. The number of rotatable bonds is 1. The lowest BCUT2D eigenvalue weighted by atomic mass is 10.0. The maximum Gasteiger partial charge on any atom is 0.265 e. The Labute approximate surface area is 123 Å². The van der Waals surface area contributed by atoms with Gasteiger partial charge in [0.25, 0.3) is 5.91 Å². The second-order valence-electron chi connectivity index (χ2n) is 5.48. The van der Waals surface area contributed by atoms with E-state index in [0.29, 0.717) is 18.1 Å². The molecule has 21 heavy (non-hydrogen) atoms. The highest BCUT2D eigenvalue weighted by atomic mass is 16.5. The van der Waals surface area contributed by atoms with E-state index in [2.05, 4.69) is 11.2 Å². The van der Waals surface area contributed by atoms with Crippen LogP contribution in [0.4, 0.5) is 5.69 Å². The van der Waals surface area contributed by atoms with Crippen molar-refractivity contribution >= 4 is 11.6 Å². The quantitative estimate of drug-likeness (QED) is 0.806. The molecule has 0 atom stereocenters. The van der Waals surface area contributed by atoms with Gasteiger partial charge in [0.1, 0.15) is 5.56 Å². The van der Waals surface area contributed by atoms with E-state index in [1.807, 2.05) is 23.1 Å². The summed E-state index contributed by atoms with van der Waals surface area (Å²) < 4.78 is 7.43. The zero-order chi connectivity index (χ0) is 14.2. The average molecular weight is 283 g/mol. The van der Waals surface area contributed by atoms with Crippen LogP contribution < -0.4 is 9.64 Å². The molecule has 2 aliphatic rings. The van der Waals surface area contributed by atoms with Crippen LogP contribution in [-0.4, -0.2) is 28.8 Å². The Morgan fingerprint density at radius 2 is 2.10 bits per heavy atom. The van der Waals surface area contributed by atoms with Crippen LogP contribution in [0.1, 0.15) is 28.8 Å². The van der Waals surface area contributed by atoms with Crippen molar-refractivity contribution in [2.45, 2.75) is 25.8 Å². The molecule has 1 aromatic carbocycles. The minimum Gasteiger partial charge on any atom is -0.477 e. The Bertz CT molecular complexity index is 693. The minimum atomic E-state index is -0.00898. The van der Waals surface area contributed by atoms with E-state index in [9.17, 15) is 4.79 Å². The van der Waals surface area contributed by atoms with E-state index < -0.39 is 0 Å². The molecular formula is C16H17N3O2. The highest BCUT2D eigenvalue weighted by Gasteiger charge is 2.28. The third kappa shape index (κ3) is 2.00. The Morgan fingerprint density at radius 1 is 1.19 bits per heavy atom. The van der Waals surface area contributed by atoms with Crippen LogP contribution in [0.3, 0.4) is 0 Å². The molecule has 0 N–H and O–H groups in total. The summed E-state index contributed by atoms with van der Waals surface area (Å²) in [6.45, 7) is 2.22. The van der Waals surface area contributed by atoms with Gasteiger partial charge in [-0.2, -0.15) is 5.10 Å². The molecule has 108 valence electrons. The number of aryl methyl sites for hydroxylation is 2. The first-order chi connectivity index (χ1) is 10.3. The number of aromatic nitrogens is 2. The SMILES string of the molecule is O=C(c1cnn2c1OCCC2)N1CCCc2ccccc21. The Balaban J connectivity index is 1.71. The lowest BCUT2D eigenvalue weighted by molar-refractivity contribution is 0.0978. The monoisotopic (exact) mass is 283 g/mol. The number of hydrogen-bond acceptors (Lipinski definition) is 3. The number of amides is 1. The molecule has 1 amide bonds. The van der Waals surface area contributed by atoms with Crippen molar-refractivity contribution in [2.24, 2.45) is 0 Å². The predicted molar refractivity (Wildman–Crippen MR) is 78.8 cm³/mol. The first-order valence-electron chi connectivity index (χ1n) is 7.43. The maximum atomic E-state index is 12.9. The zero-order valence-electron chi connectivity index (χ0n) is 11.8. The lowest BCUT2D eigenvalue weighted by Crippen LogP contribution is -2.35. The minimum absolute atomic E-state index is 0.00898. The first-order valence-corrected chi connectivity index (χ1v) is 7.43. The number of hydrogen-bond donors (Lipinski definition) is 0. The summed E-state index contributed by atoms with van der Waals surface area (Å²) in [4.78, 5) is 14.7. The van der Waals surface area contributed by atoms with Crippen molar-refractivity contribution in [3.8, 4) is 5.88 Å². The fourth-order valence-electron chi connectivity index (χ4n) is 3.11. The first kappa shape index (κ1) is 12.4. The van der Waals surface area contributed by atoms with E-state index in [1.54, 1.807) is 10.9 Å². The fraction of sp³-hybridized carbons (Fsp3) is 0.375. The van der Waals surface area contributed by atoms with Crippen molar-refractivity contribution in [3.63, 3.8) is 0 Å². The lowest BCUT2D eigenvalue weighted by Gasteiger charge is -2.29. The van der Waals surface area contributed by atoms with E-state index in [0.717, 1.165) is 38.0 Å². The van der Waals surface area contributed by atoms with Gasteiger partial charge in [-0.25, -0.2) is 4.68 Å². The molecule has 0 aliphatic carbocycles. The van der Waals surface area contributed by atoms with Crippen molar-refractivity contribution in [1.82, 2.24) is 9.78 Å². The number of ether oxygens (including phenoxy) is 1. The van der Waals surface area contributed by atoms with E-state index in [-0.39, 0.29) is 5.91 Å². The number of carbonyl (C=O) groups is 1. The van der Waals surface area contributed by atoms with Crippen LogP contribution in [-0.2, 0) is 13.0 Å². The Hall–Kier alpha value is -2.30. The largest absolute Gasteiger partial charge is 0.477 e. The molecule has 1 aromatic heterocycles. The third-order valence-corrected chi connectivity index (χ3v) is 4.13. The van der Waals surface area contributed by atoms with Crippen LogP contribution in [0.2, 0.25) is 0 Å². The number of anilines is 1. The highest BCUT2D eigenvalue weighted by Crippen LogP contribution is 2.31. The maximum absolute atomic E-state index is 12.9. The van der Waals surface area contributed by atoms with E-state index in [4.69, 9.17) is 4.74 Å². The van der Waals surface area contributed by atoms with Gasteiger partial charge in [0, 0.05) is 25.2 Å². The van der Waals surface area contributed by atoms with Crippen molar-refractivity contribution in [1.29, 1.82) is 0 Å².